The van der Waals surface area contributed by atoms with Gasteiger partial charge in [0.15, 0.2) is 15.8 Å². The lowest BCUT2D eigenvalue weighted by molar-refractivity contribution is 0.101. The molecule has 4 aromatic rings. The Morgan fingerprint density at radius 1 is 1.21 bits per heavy atom. The number of nitrogens with one attached hydrogen (secondary N) is 1. The molecule has 34 heavy (non-hydrogen) atoms. The third-order valence-electron chi connectivity index (χ3n) is 4.44. The van der Waals surface area contributed by atoms with Crippen LogP contribution in [0.3, 0.4) is 0 Å². The molecule has 2 aromatic carbocycles. The van der Waals surface area contributed by atoms with E-state index in [1.807, 2.05) is 13.0 Å². The summed E-state index contributed by atoms with van der Waals surface area (Å²) in [5.41, 5.74) is 1.60. The maximum atomic E-state index is 13.3. The van der Waals surface area contributed by atoms with Gasteiger partial charge in [-0.05, 0) is 48.4 Å². The topological polar surface area (TPSA) is 81.9 Å². The monoisotopic (exact) mass is 537 g/mol. The highest BCUT2D eigenvalue weighted by Crippen LogP contribution is 2.32. The van der Waals surface area contributed by atoms with Gasteiger partial charge in [0, 0.05) is 15.8 Å². The molecule has 0 unspecified atom stereocenters. The average Bonchev–Trinajstić information content (AvgIpc) is 3.44. The van der Waals surface area contributed by atoms with Crippen molar-refractivity contribution in [3.8, 4) is 11.4 Å². The zero-order valence-corrected chi connectivity index (χ0v) is 20.9. The maximum absolute atomic E-state index is 13.3. The van der Waals surface area contributed by atoms with Crippen LogP contribution in [0.2, 0.25) is 10.0 Å². The first-order chi connectivity index (χ1) is 16.4. The van der Waals surface area contributed by atoms with Crippen molar-refractivity contribution < 1.29 is 13.9 Å². The van der Waals surface area contributed by atoms with Crippen LogP contribution in [0.15, 0.2) is 53.0 Å². The molecule has 176 valence electrons. The summed E-state index contributed by atoms with van der Waals surface area (Å²) in [7, 11) is 0. The Labute approximate surface area is 213 Å². The lowest BCUT2D eigenvalue weighted by Crippen LogP contribution is -2.14. The van der Waals surface area contributed by atoms with Crippen LogP contribution in [-0.2, 0) is 5.75 Å². The van der Waals surface area contributed by atoms with Crippen molar-refractivity contribution in [3.05, 3.63) is 75.8 Å². The van der Waals surface area contributed by atoms with E-state index < -0.39 is 5.91 Å². The highest BCUT2D eigenvalue weighted by Gasteiger charge is 2.21. The largest absolute Gasteiger partial charge is 0.489 e. The van der Waals surface area contributed by atoms with Crippen molar-refractivity contribution in [1.82, 2.24) is 20.0 Å². The molecule has 0 fully saturated rings. The Morgan fingerprint density at radius 3 is 2.74 bits per heavy atom. The molecule has 2 heterocycles. The van der Waals surface area contributed by atoms with Crippen molar-refractivity contribution in [2.45, 2.75) is 23.4 Å². The molecule has 0 saturated carbocycles. The van der Waals surface area contributed by atoms with Crippen LogP contribution in [-0.4, -0.2) is 32.5 Å². The Hall–Kier alpha value is -2.66. The summed E-state index contributed by atoms with van der Waals surface area (Å²) < 4.78 is 21.1. The Bertz CT molecular complexity index is 1300. The predicted octanol–water partition coefficient (Wildman–Crippen LogP) is 6.50. The van der Waals surface area contributed by atoms with E-state index in [9.17, 15) is 9.18 Å². The lowest BCUT2D eigenvalue weighted by Gasteiger charge is -2.03. The van der Waals surface area contributed by atoms with Crippen molar-refractivity contribution in [3.63, 3.8) is 0 Å². The minimum Gasteiger partial charge on any atom is -0.489 e. The number of aromatic nitrogens is 4. The zero-order chi connectivity index (χ0) is 24.1. The molecule has 1 amide bonds. The highest BCUT2D eigenvalue weighted by molar-refractivity contribution is 8.00. The third-order valence-corrected chi connectivity index (χ3v) is 7.05. The second kappa shape index (κ2) is 11.2. The number of amides is 1. The molecule has 0 spiro atoms. The summed E-state index contributed by atoms with van der Waals surface area (Å²) in [6, 6.07) is 11.1. The van der Waals surface area contributed by atoms with Gasteiger partial charge in [0.1, 0.15) is 5.82 Å². The molecule has 12 heteroatoms. The minimum absolute atomic E-state index is 0.0927. The number of hydrogen-bond acceptors (Lipinski definition) is 7. The van der Waals surface area contributed by atoms with Gasteiger partial charge in [-0.1, -0.05) is 59.3 Å². The molecule has 0 radical (unpaired) electrons. The van der Waals surface area contributed by atoms with Crippen LogP contribution >= 0.6 is 46.3 Å². The molecule has 4 rings (SSSR count). The van der Waals surface area contributed by atoms with Crippen LogP contribution in [0.25, 0.3) is 5.69 Å². The summed E-state index contributed by atoms with van der Waals surface area (Å²) in [4.78, 5) is 12.9. The minimum atomic E-state index is -0.486. The van der Waals surface area contributed by atoms with Crippen LogP contribution in [0.1, 0.15) is 29.4 Å². The third kappa shape index (κ3) is 6.06. The van der Waals surface area contributed by atoms with E-state index in [1.54, 1.807) is 30.5 Å². The second-order valence-electron chi connectivity index (χ2n) is 6.96. The first-order valence-corrected chi connectivity index (χ1v) is 12.7. The molecule has 0 aliphatic rings. The number of nitrogens with zero attached hydrogens (tertiary/aromatic N) is 4. The van der Waals surface area contributed by atoms with Gasteiger partial charge in [0.2, 0.25) is 5.13 Å². The normalized spacial score (nSPS) is 10.9. The summed E-state index contributed by atoms with van der Waals surface area (Å²) in [6.45, 7) is 2.38. The molecule has 0 bridgehead atoms. The fourth-order valence-electron chi connectivity index (χ4n) is 2.81. The Morgan fingerprint density at radius 2 is 2.00 bits per heavy atom. The van der Waals surface area contributed by atoms with E-state index in [1.165, 1.54) is 39.9 Å². The standard InChI is InChI=1S/C22H18Cl2FN5O2S2/c1-2-9-32-18-11-30(16-7-5-15(25)6-8-16)29-19(18)20(31)26-21-27-28-22(34-21)33-12-13-3-4-14(23)10-17(13)24/h3-8,10-11H,2,9,12H2,1H3,(H,26,27,31). The number of benzene rings is 2. The van der Waals surface area contributed by atoms with Gasteiger partial charge < -0.3 is 4.74 Å². The van der Waals surface area contributed by atoms with E-state index in [-0.39, 0.29) is 11.5 Å². The number of rotatable bonds is 9. The van der Waals surface area contributed by atoms with Gasteiger partial charge in [0.25, 0.3) is 5.91 Å². The van der Waals surface area contributed by atoms with Gasteiger partial charge in [-0.25, -0.2) is 9.07 Å². The smallest absolute Gasteiger partial charge is 0.281 e. The second-order valence-corrected chi connectivity index (χ2v) is 10.0. The van der Waals surface area contributed by atoms with Gasteiger partial charge in [-0.2, -0.15) is 5.10 Å². The molecule has 0 aliphatic carbocycles. The number of carbonyl (C=O) groups is 1. The van der Waals surface area contributed by atoms with Gasteiger partial charge in [-0.15, -0.1) is 10.2 Å². The molecule has 7 nitrogen and oxygen atoms in total. The van der Waals surface area contributed by atoms with E-state index in [0.29, 0.717) is 43.3 Å². The summed E-state index contributed by atoms with van der Waals surface area (Å²) in [5, 5.41) is 16.7. The summed E-state index contributed by atoms with van der Waals surface area (Å²) >= 11 is 14.8. The Kier molecular flexibility index (Phi) is 8.04. The number of hydrogen-bond donors (Lipinski definition) is 1. The van der Waals surface area contributed by atoms with Crippen LogP contribution in [0.5, 0.6) is 5.75 Å². The van der Waals surface area contributed by atoms with E-state index >= 15 is 0 Å². The van der Waals surface area contributed by atoms with Crippen LogP contribution < -0.4 is 10.1 Å². The number of anilines is 1. The summed E-state index contributed by atoms with van der Waals surface area (Å²) in [6.07, 6.45) is 2.35. The molecule has 0 atom stereocenters. The number of carbonyl (C=O) groups excluding carboxylic acids is 1. The average molecular weight is 538 g/mol. The molecule has 1 N–H and O–H groups in total. The van der Waals surface area contributed by atoms with Gasteiger partial charge in [-0.3, -0.25) is 10.1 Å². The van der Waals surface area contributed by atoms with Gasteiger partial charge >= 0.3 is 0 Å². The molecule has 0 aliphatic heterocycles. The maximum Gasteiger partial charge on any atom is 0.281 e. The van der Waals surface area contributed by atoms with Crippen molar-refractivity contribution in [2.24, 2.45) is 0 Å². The predicted molar refractivity (Wildman–Crippen MR) is 133 cm³/mol. The number of ether oxygens (including phenoxy) is 1. The molecular formula is C22H18Cl2FN5O2S2. The fraction of sp³-hybridized carbons (Fsp3) is 0.182. The van der Waals surface area contributed by atoms with Crippen molar-refractivity contribution in [2.75, 3.05) is 11.9 Å². The number of halogens is 3. The zero-order valence-electron chi connectivity index (χ0n) is 17.8. The van der Waals surface area contributed by atoms with E-state index in [4.69, 9.17) is 27.9 Å². The fourth-order valence-corrected chi connectivity index (χ4v) is 5.12. The number of thioether (sulfide) groups is 1. The van der Waals surface area contributed by atoms with Crippen molar-refractivity contribution in [1.29, 1.82) is 0 Å². The SMILES string of the molecule is CCCOc1cn(-c2ccc(F)cc2)nc1C(=O)Nc1nnc(SCc2ccc(Cl)cc2Cl)s1. The van der Waals surface area contributed by atoms with Gasteiger partial charge in [0.05, 0.1) is 18.5 Å². The Balaban J connectivity index is 1.46. The molecule has 0 saturated heterocycles. The van der Waals surface area contributed by atoms with E-state index in [0.717, 1.165) is 12.0 Å². The summed E-state index contributed by atoms with van der Waals surface area (Å²) in [5.74, 6) is 0.0514. The highest BCUT2D eigenvalue weighted by atomic mass is 35.5. The van der Waals surface area contributed by atoms with Crippen molar-refractivity contribution >= 4 is 57.3 Å². The lowest BCUT2D eigenvalue weighted by atomic mass is 10.2. The van der Waals surface area contributed by atoms with E-state index in [2.05, 4.69) is 20.6 Å². The van der Waals surface area contributed by atoms with Crippen LogP contribution in [0, 0.1) is 5.82 Å². The van der Waals surface area contributed by atoms with Crippen LogP contribution in [0.4, 0.5) is 9.52 Å². The first kappa shape index (κ1) is 24.5. The first-order valence-electron chi connectivity index (χ1n) is 10.1. The quantitative estimate of drug-likeness (QED) is 0.194. The molecular weight excluding hydrogens is 520 g/mol. The molecule has 2 aromatic heterocycles.